The summed E-state index contributed by atoms with van der Waals surface area (Å²) in [6, 6.07) is 7.72. The third-order valence-electron chi connectivity index (χ3n) is 1.50. The van der Waals surface area contributed by atoms with E-state index >= 15 is 0 Å². The Bertz CT molecular complexity index is 285. The van der Waals surface area contributed by atoms with E-state index in [4.69, 9.17) is 0 Å². The Morgan fingerprint density at radius 1 is 1.27 bits per heavy atom. The van der Waals surface area contributed by atoms with Crippen LogP contribution in [0.1, 0.15) is 5.56 Å². The van der Waals surface area contributed by atoms with E-state index in [0.717, 1.165) is 5.30 Å². The molecule has 0 radical (unpaired) electrons. The van der Waals surface area contributed by atoms with Gasteiger partial charge in [0.2, 0.25) is 0 Å². The van der Waals surface area contributed by atoms with Crippen LogP contribution in [0.25, 0.3) is 0 Å². The van der Waals surface area contributed by atoms with Gasteiger partial charge in [-0.1, -0.05) is 29.8 Å². The minimum atomic E-state index is -2.23. The van der Waals surface area contributed by atoms with Crippen LogP contribution in [0.15, 0.2) is 24.3 Å². The second-order valence-corrected chi connectivity index (χ2v) is 8.87. The lowest BCUT2D eigenvalue weighted by molar-refractivity contribution is 0.594. The fourth-order valence-corrected chi connectivity index (χ4v) is 2.20. The Kier molecular flexibility index (Phi) is 2.56. The van der Waals surface area contributed by atoms with Crippen molar-refractivity contribution in [1.29, 1.82) is 0 Å². The summed E-state index contributed by atoms with van der Waals surface area (Å²) in [5.41, 5.74) is 1.19. The van der Waals surface area contributed by atoms with Crippen LogP contribution in [-0.2, 0) is 4.57 Å². The molecule has 0 bridgehead atoms. The Morgan fingerprint density at radius 2 is 1.73 bits per heavy atom. The van der Waals surface area contributed by atoms with Gasteiger partial charge in [0.15, 0.2) is 5.84 Å². The number of rotatable bonds is 1. The molecule has 1 rings (SSSR count). The van der Waals surface area contributed by atoms with Crippen LogP contribution in [0.5, 0.6) is 0 Å². The predicted molar refractivity (Wildman–Crippen MR) is 53.3 cm³/mol. The number of hydrogen-bond donors (Lipinski definition) is 0. The van der Waals surface area contributed by atoms with E-state index in [9.17, 15) is 4.57 Å². The van der Waals surface area contributed by atoms with Gasteiger partial charge in [0.05, 0.1) is 0 Å². The van der Waals surface area contributed by atoms with Crippen molar-refractivity contribution in [3.63, 3.8) is 0 Å². The van der Waals surface area contributed by atoms with E-state index in [1.165, 1.54) is 5.56 Å². The topological polar surface area (TPSA) is 17.1 Å². The van der Waals surface area contributed by atoms with Gasteiger partial charge in [-0.2, -0.15) is 0 Å². The molecule has 0 aromatic heterocycles. The minimum Gasteiger partial charge on any atom is -0.307 e. The molecule has 0 aliphatic rings. The zero-order valence-electron chi connectivity index (χ0n) is 6.54. The van der Waals surface area contributed by atoms with Gasteiger partial charge in [0, 0.05) is 12.0 Å². The van der Waals surface area contributed by atoms with Gasteiger partial charge in [-0.3, -0.25) is 0 Å². The van der Waals surface area contributed by atoms with Crippen molar-refractivity contribution in [2.24, 2.45) is 0 Å². The molecule has 0 saturated carbocycles. The Morgan fingerprint density at radius 3 is 2.09 bits per heavy atom. The summed E-state index contributed by atoms with van der Waals surface area (Å²) in [5, 5.41) is 0.878. The summed E-state index contributed by atoms with van der Waals surface area (Å²) < 4.78 is 11.4. The third kappa shape index (κ3) is 2.46. The van der Waals surface area contributed by atoms with Gasteiger partial charge >= 0.3 is 0 Å². The van der Waals surface area contributed by atoms with Crippen molar-refractivity contribution in [3.8, 4) is 0 Å². The Balaban J connectivity index is 3.09. The molecule has 0 amide bonds. The smallest absolute Gasteiger partial charge is 0.172 e. The van der Waals surface area contributed by atoms with Gasteiger partial charge in [0.25, 0.3) is 0 Å². The van der Waals surface area contributed by atoms with Gasteiger partial charge in [0.1, 0.15) is 0 Å². The average molecular weight is 233 g/mol. The second-order valence-electron chi connectivity index (χ2n) is 2.66. The van der Waals surface area contributed by atoms with Crippen LogP contribution in [0.2, 0.25) is 0 Å². The Hall–Kier alpha value is -0.0700. The molecule has 1 aromatic rings. The summed E-state index contributed by atoms with van der Waals surface area (Å²) in [7, 11) is 0. The van der Waals surface area contributed by atoms with Gasteiger partial charge in [-0.05, 0) is 22.4 Å². The van der Waals surface area contributed by atoms with Crippen LogP contribution in [-0.4, -0.2) is 6.66 Å². The first-order chi connectivity index (χ1) is 5.00. The molecule has 11 heavy (non-hydrogen) atoms. The fourth-order valence-electron chi connectivity index (χ4n) is 0.811. The van der Waals surface area contributed by atoms with Crippen molar-refractivity contribution in [3.05, 3.63) is 29.8 Å². The number of halogens is 1. The van der Waals surface area contributed by atoms with Gasteiger partial charge in [-0.25, -0.2) is 0 Å². The first-order valence-electron chi connectivity index (χ1n) is 3.34. The number of hydrogen-bond acceptors (Lipinski definition) is 1. The van der Waals surface area contributed by atoms with Crippen LogP contribution >= 0.6 is 21.3 Å². The highest BCUT2D eigenvalue weighted by Gasteiger charge is 2.11. The molecule has 0 heterocycles. The average Bonchev–Trinajstić information content (AvgIpc) is 1.86. The van der Waals surface area contributed by atoms with E-state index < -0.39 is 5.84 Å². The summed E-state index contributed by atoms with van der Waals surface area (Å²) in [6.45, 7) is 3.72. The quantitative estimate of drug-likeness (QED) is 0.681. The monoisotopic (exact) mass is 232 g/mol. The van der Waals surface area contributed by atoms with Gasteiger partial charge < -0.3 is 4.57 Å². The largest absolute Gasteiger partial charge is 0.307 e. The molecule has 60 valence electrons. The fraction of sp³-hybridized carbons (Fsp3) is 0.250. The highest BCUT2D eigenvalue weighted by molar-refractivity contribution is 9.41. The first-order valence-corrected chi connectivity index (χ1v) is 7.52. The maximum Gasteiger partial charge on any atom is 0.172 e. The molecule has 0 aliphatic carbocycles. The van der Waals surface area contributed by atoms with Crippen molar-refractivity contribution in [2.45, 2.75) is 6.92 Å². The van der Waals surface area contributed by atoms with E-state index in [0.29, 0.717) is 0 Å². The summed E-state index contributed by atoms with van der Waals surface area (Å²) in [4.78, 5) is 0. The molecule has 0 N–H and O–H groups in total. The van der Waals surface area contributed by atoms with Crippen molar-refractivity contribution in [2.75, 3.05) is 6.66 Å². The van der Waals surface area contributed by atoms with Crippen LogP contribution in [0.3, 0.4) is 0 Å². The molecule has 1 unspecified atom stereocenters. The lowest BCUT2D eigenvalue weighted by Gasteiger charge is -2.03. The third-order valence-corrected chi connectivity index (χ3v) is 3.94. The molecular formula is C8H10BrOP. The van der Waals surface area contributed by atoms with Crippen LogP contribution < -0.4 is 5.30 Å². The van der Waals surface area contributed by atoms with E-state index in [2.05, 4.69) is 15.5 Å². The zero-order chi connectivity index (χ0) is 8.48. The molecule has 0 saturated heterocycles. The predicted octanol–water partition coefficient (Wildman–Crippen LogP) is 2.92. The lowest BCUT2D eigenvalue weighted by Crippen LogP contribution is -1.97. The SMILES string of the molecule is Cc1ccc(P(C)(=O)Br)cc1. The molecule has 0 aliphatic heterocycles. The maximum absolute atomic E-state index is 11.4. The molecule has 1 aromatic carbocycles. The lowest BCUT2D eigenvalue weighted by atomic mass is 10.2. The normalized spacial score (nSPS) is 15.9. The van der Waals surface area contributed by atoms with Crippen LogP contribution in [0, 0.1) is 6.92 Å². The zero-order valence-corrected chi connectivity index (χ0v) is 9.02. The molecule has 3 heteroatoms. The molecule has 1 nitrogen and oxygen atoms in total. The standard InChI is InChI=1S/C8H10BrOP/c1-7-3-5-8(6-4-7)11(2,9)10/h3-6H,1-2H3. The van der Waals surface area contributed by atoms with E-state index in [1.807, 2.05) is 31.2 Å². The second kappa shape index (κ2) is 3.12. The summed E-state index contributed by atoms with van der Waals surface area (Å²) in [6.07, 6.45) is 0. The molecule has 0 spiro atoms. The van der Waals surface area contributed by atoms with Crippen molar-refractivity contribution in [1.82, 2.24) is 0 Å². The summed E-state index contributed by atoms with van der Waals surface area (Å²) >= 11 is 3.17. The highest BCUT2D eigenvalue weighted by atomic mass is 79.9. The highest BCUT2D eigenvalue weighted by Crippen LogP contribution is 2.48. The molecule has 0 fully saturated rings. The van der Waals surface area contributed by atoms with E-state index in [-0.39, 0.29) is 0 Å². The minimum absolute atomic E-state index is 0.878. The Labute approximate surface area is 74.9 Å². The van der Waals surface area contributed by atoms with Crippen molar-refractivity contribution >= 4 is 26.6 Å². The summed E-state index contributed by atoms with van der Waals surface area (Å²) in [5.74, 6) is -2.23. The van der Waals surface area contributed by atoms with Crippen LogP contribution in [0.4, 0.5) is 0 Å². The first kappa shape index (κ1) is 9.02. The van der Waals surface area contributed by atoms with Gasteiger partial charge in [-0.15, -0.1) is 0 Å². The van der Waals surface area contributed by atoms with Crippen molar-refractivity contribution < 1.29 is 4.57 Å². The number of benzene rings is 1. The maximum atomic E-state index is 11.4. The molecule has 1 atom stereocenters. The number of aryl methyl sites for hydroxylation is 1. The van der Waals surface area contributed by atoms with E-state index in [1.54, 1.807) is 6.66 Å². The molecular weight excluding hydrogens is 223 g/mol.